The number of ether oxygens (including phenoxy) is 2. The maximum Gasteiger partial charge on any atom is 0.259 e. The Morgan fingerprint density at radius 3 is 3.16 bits per heavy atom. The molecule has 1 aliphatic rings. The summed E-state index contributed by atoms with van der Waals surface area (Å²) in [7, 11) is 0. The van der Waals surface area contributed by atoms with Crippen LogP contribution in [0.2, 0.25) is 0 Å². The zero-order valence-electron chi connectivity index (χ0n) is 14.6. The van der Waals surface area contributed by atoms with E-state index in [1.54, 1.807) is 23.2 Å². The minimum absolute atomic E-state index is 0.117. The van der Waals surface area contributed by atoms with Gasteiger partial charge in [-0.2, -0.15) is 5.10 Å². The molecule has 2 aromatic heterocycles. The summed E-state index contributed by atoms with van der Waals surface area (Å²) < 4.78 is 11.2. The average Bonchev–Trinajstić information content (AvgIpc) is 3.11. The quantitative estimate of drug-likeness (QED) is 0.857. The normalized spacial score (nSPS) is 17.5. The van der Waals surface area contributed by atoms with Gasteiger partial charge in [0.25, 0.3) is 5.91 Å². The number of H-pyrrole nitrogens is 1. The fourth-order valence-electron chi connectivity index (χ4n) is 2.77. The fraction of sp³-hybridized carbons (Fsp3) is 0.529. The van der Waals surface area contributed by atoms with Crippen molar-refractivity contribution in [3.05, 3.63) is 35.5 Å². The third kappa shape index (κ3) is 3.96. The van der Waals surface area contributed by atoms with E-state index in [2.05, 4.69) is 27.1 Å². The molecule has 0 radical (unpaired) electrons. The number of amides is 1. The van der Waals surface area contributed by atoms with Crippen LogP contribution >= 0.6 is 0 Å². The minimum atomic E-state index is -0.327. The number of carbonyl (C=O) groups is 1. The lowest BCUT2D eigenvalue weighted by Crippen LogP contribution is -2.42. The highest BCUT2D eigenvalue weighted by Crippen LogP contribution is 2.23. The fourth-order valence-corrected chi connectivity index (χ4v) is 2.77. The van der Waals surface area contributed by atoms with Gasteiger partial charge in [0.05, 0.1) is 19.8 Å². The van der Waals surface area contributed by atoms with Gasteiger partial charge in [0, 0.05) is 19.2 Å². The summed E-state index contributed by atoms with van der Waals surface area (Å²) in [6.07, 6.45) is 3.13. The third-order valence-electron chi connectivity index (χ3n) is 3.96. The van der Waals surface area contributed by atoms with Gasteiger partial charge in [-0.05, 0) is 25.5 Å². The predicted octanol–water partition coefficient (Wildman–Crippen LogP) is 1.76. The van der Waals surface area contributed by atoms with E-state index in [1.807, 2.05) is 6.92 Å². The molecule has 2 aromatic rings. The number of morpholine rings is 1. The van der Waals surface area contributed by atoms with E-state index in [1.165, 1.54) is 0 Å². The monoisotopic (exact) mass is 345 g/mol. The number of pyridine rings is 1. The first-order chi connectivity index (χ1) is 12.2. The second-order valence-electron chi connectivity index (χ2n) is 5.79. The molecule has 1 atom stereocenters. The lowest BCUT2D eigenvalue weighted by Gasteiger charge is -2.31. The summed E-state index contributed by atoms with van der Waals surface area (Å²) in [5.41, 5.74) is 0.464. The van der Waals surface area contributed by atoms with Gasteiger partial charge >= 0.3 is 0 Å². The Morgan fingerprint density at radius 1 is 1.48 bits per heavy atom. The van der Waals surface area contributed by atoms with Crippen LogP contribution < -0.4 is 4.74 Å². The summed E-state index contributed by atoms with van der Waals surface area (Å²) in [5, 5.41) is 7.17. The van der Waals surface area contributed by atoms with E-state index in [0.29, 0.717) is 43.6 Å². The van der Waals surface area contributed by atoms with Crippen molar-refractivity contribution in [2.45, 2.75) is 32.8 Å². The molecule has 0 bridgehead atoms. The van der Waals surface area contributed by atoms with E-state index in [-0.39, 0.29) is 12.0 Å². The Balaban J connectivity index is 1.73. The Bertz CT molecular complexity index is 718. The van der Waals surface area contributed by atoms with Crippen LogP contribution in [0.15, 0.2) is 18.3 Å². The number of carbonyl (C=O) groups excluding carboxylic acids is 1. The molecule has 0 saturated carbocycles. The molecule has 0 aromatic carbocycles. The first-order valence-electron chi connectivity index (χ1n) is 8.62. The lowest BCUT2D eigenvalue weighted by molar-refractivity contribution is -0.0268. The van der Waals surface area contributed by atoms with Crippen LogP contribution in [0, 0.1) is 0 Å². The average molecular weight is 345 g/mol. The summed E-state index contributed by atoms with van der Waals surface area (Å²) in [5.74, 6) is 1.68. The van der Waals surface area contributed by atoms with E-state index < -0.39 is 0 Å². The van der Waals surface area contributed by atoms with Crippen molar-refractivity contribution in [1.29, 1.82) is 0 Å². The number of nitrogens with zero attached hydrogens (tertiary/aromatic N) is 4. The van der Waals surface area contributed by atoms with Crippen molar-refractivity contribution in [2.75, 3.05) is 26.3 Å². The molecule has 134 valence electrons. The Morgan fingerprint density at radius 2 is 2.36 bits per heavy atom. The van der Waals surface area contributed by atoms with Crippen molar-refractivity contribution in [1.82, 2.24) is 25.1 Å². The van der Waals surface area contributed by atoms with E-state index >= 15 is 0 Å². The Hall–Kier alpha value is -2.48. The Labute approximate surface area is 146 Å². The second-order valence-corrected chi connectivity index (χ2v) is 5.79. The second kappa shape index (κ2) is 8.06. The van der Waals surface area contributed by atoms with E-state index in [0.717, 1.165) is 18.7 Å². The number of aryl methyl sites for hydroxylation is 1. The molecular formula is C17H23N5O3. The topological polar surface area (TPSA) is 93.2 Å². The van der Waals surface area contributed by atoms with E-state index in [9.17, 15) is 4.79 Å². The number of hydrogen-bond donors (Lipinski definition) is 1. The zero-order valence-corrected chi connectivity index (χ0v) is 14.6. The number of nitrogens with one attached hydrogen (secondary N) is 1. The van der Waals surface area contributed by atoms with Crippen molar-refractivity contribution >= 4 is 5.91 Å². The molecule has 1 aliphatic heterocycles. The summed E-state index contributed by atoms with van der Waals surface area (Å²) in [4.78, 5) is 23.2. The van der Waals surface area contributed by atoms with Gasteiger partial charge in [0.15, 0.2) is 5.82 Å². The number of rotatable bonds is 6. The van der Waals surface area contributed by atoms with Crippen molar-refractivity contribution in [3.63, 3.8) is 0 Å². The number of aromatic amines is 1. The smallest absolute Gasteiger partial charge is 0.259 e. The highest BCUT2D eigenvalue weighted by molar-refractivity contribution is 5.96. The molecule has 3 heterocycles. The summed E-state index contributed by atoms with van der Waals surface area (Å²) in [6.45, 7) is 5.78. The standard InChI is InChI=1S/C17H23N5O3/c1-3-6-14-19-15(21-20-14)13-11-22(9-10-25-13)17(23)12-7-5-8-18-16(12)24-4-2/h5,7-8,13H,3-4,6,9-11H2,1-2H3,(H,19,20,21)/t13-/m1/s1. The van der Waals surface area contributed by atoms with Crippen molar-refractivity contribution in [3.8, 4) is 5.88 Å². The first kappa shape index (κ1) is 17.3. The van der Waals surface area contributed by atoms with Gasteiger partial charge < -0.3 is 14.4 Å². The lowest BCUT2D eigenvalue weighted by atomic mass is 10.2. The molecule has 0 spiro atoms. The van der Waals surface area contributed by atoms with Gasteiger partial charge in [-0.3, -0.25) is 9.89 Å². The summed E-state index contributed by atoms with van der Waals surface area (Å²) >= 11 is 0. The molecular weight excluding hydrogens is 322 g/mol. The van der Waals surface area contributed by atoms with Gasteiger partial charge in [0.2, 0.25) is 5.88 Å². The molecule has 3 rings (SSSR count). The molecule has 0 unspecified atom stereocenters. The molecule has 0 aliphatic carbocycles. The highest BCUT2D eigenvalue weighted by Gasteiger charge is 2.30. The molecule has 1 N–H and O–H groups in total. The molecule has 8 heteroatoms. The summed E-state index contributed by atoms with van der Waals surface area (Å²) in [6, 6.07) is 3.47. The van der Waals surface area contributed by atoms with Crippen LogP contribution in [0.4, 0.5) is 0 Å². The van der Waals surface area contributed by atoms with Crippen LogP contribution in [-0.2, 0) is 11.2 Å². The number of hydrogen-bond acceptors (Lipinski definition) is 6. The first-order valence-corrected chi connectivity index (χ1v) is 8.62. The maximum absolute atomic E-state index is 12.9. The molecule has 1 fully saturated rings. The minimum Gasteiger partial charge on any atom is -0.477 e. The Kier molecular flexibility index (Phi) is 5.60. The van der Waals surface area contributed by atoms with Crippen LogP contribution in [0.3, 0.4) is 0 Å². The van der Waals surface area contributed by atoms with Gasteiger partial charge in [0.1, 0.15) is 17.5 Å². The van der Waals surface area contributed by atoms with E-state index in [4.69, 9.17) is 9.47 Å². The highest BCUT2D eigenvalue weighted by atomic mass is 16.5. The third-order valence-corrected chi connectivity index (χ3v) is 3.96. The van der Waals surface area contributed by atoms with Gasteiger partial charge in [-0.1, -0.05) is 6.92 Å². The molecule has 1 saturated heterocycles. The molecule has 1 amide bonds. The van der Waals surface area contributed by atoms with Crippen LogP contribution in [-0.4, -0.2) is 57.3 Å². The predicted molar refractivity (Wildman–Crippen MR) is 90.4 cm³/mol. The maximum atomic E-state index is 12.9. The van der Waals surface area contributed by atoms with Gasteiger partial charge in [-0.25, -0.2) is 9.97 Å². The largest absolute Gasteiger partial charge is 0.477 e. The SMILES string of the molecule is CCCc1nc([C@H]2CN(C(=O)c3cccnc3OCC)CCO2)n[nH]1. The van der Waals surface area contributed by atoms with Gasteiger partial charge in [-0.15, -0.1) is 0 Å². The zero-order chi connectivity index (χ0) is 17.6. The molecule has 25 heavy (non-hydrogen) atoms. The van der Waals surface area contributed by atoms with Crippen LogP contribution in [0.1, 0.15) is 48.4 Å². The van der Waals surface area contributed by atoms with Crippen LogP contribution in [0.5, 0.6) is 5.88 Å². The number of aromatic nitrogens is 4. The molecule has 8 nitrogen and oxygen atoms in total. The van der Waals surface area contributed by atoms with Crippen LogP contribution in [0.25, 0.3) is 0 Å². The van der Waals surface area contributed by atoms with Crippen molar-refractivity contribution < 1.29 is 14.3 Å². The van der Waals surface area contributed by atoms with Crippen molar-refractivity contribution in [2.24, 2.45) is 0 Å².